The van der Waals surface area contributed by atoms with Gasteiger partial charge in [-0.3, -0.25) is 0 Å². The average molecular weight is 323 g/mol. The van der Waals surface area contributed by atoms with Gasteiger partial charge in [-0.25, -0.2) is 12.8 Å². The van der Waals surface area contributed by atoms with Crippen LogP contribution in [0.3, 0.4) is 0 Å². The first-order chi connectivity index (χ1) is 7.80. The maximum absolute atomic E-state index is 13.0. The van der Waals surface area contributed by atoms with Crippen LogP contribution in [0.25, 0.3) is 0 Å². The Morgan fingerprint density at radius 2 is 2.18 bits per heavy atom. The van der Waals surface area contributed by atoms with Crippen molar-refractivity contribution >= 4 is 25.8 Å². The molecule has 0 spiro atoms. The molecule has 1 N–H and O–H groups in total. The lowest BCUT2D eigenvalue weighted by atomic mass is 9.94. The Morgan fingerprint density at radius 3 is 2.71 bits per heavy atom. The molecule has 1 aliphatic rings. The zero-order valence-electron chi connectivity index (χ0n) is 8.99. The monoisotopic (exact) mass is 322 g/mol. The topological polar surface area (TPSA) is 54.4 Å². The SMILES string of the molecule is O=S1(=O)CCC(O)(Cc2ccc(F)c(Br)c2)C1. The molecule has 0 radical (unpaired) electrons. The summed E-state index contributed by atoms with van der Waals surface area (Å²) >= 11 is 3.06. The van der Waals surface area contributed by atoms with Crippen LogP contribution in [0.15, 0.2) is 22.7 Å². The van der Waals surface area contributed by atoms with Gasteiger partial charge in [0.2, 0.25) is 0 Å². The zero-order chi connectivity index (χ0) is 12.7. The summed E-state index contributed by atoms with van der Waals surface area (Å²) in [7, 11) is -3.13. The molecule has 2 rings (SSSR count). The summed E-state index contributed by atoms with van der Waals surface area (Å²) in [5.41, 5.74) is -0.492. The van der Waals surface area contributed by atoms with Crippen LogP contribution in [0.5, 0.6) is 0 Å². The first kappa shape index (κ1) is 13.0. The minimum absolute atomic E-state index is 0.0197. The molecule has 3 nitrogen and oxygen atoms in total. The highest BCUT2D eigenvalue weighted by Crippen LogP contribution is 2.28. The van der Waals surface area contributed by atoms with E-state index in [1.807, 2.05) is 0 Å². The van der Waals surface area contributed by atoms with E-state index >= 15 is 0 Å². The zero-order valence-corrected chi connectivity index (χ0v) is 11.4. The van der Waals surface area contributed by atoms with Gasteiger partial charge in [-0.05, 0) is 40.0 Å². The summed E-state index contributed by atoms with van der Waals surface area (Å²) in [6, 6.07) is 4.42. The third kappa shape index (κ3) is 3.05. The second-order valence-electron chi connectivity index (χ2n) is 4.49. The number of halogens is 2. The molecule has 1 heterocycles. The number of sulfone groups is 1. The summed E-state index contributed by atoms with van der Waals surface area (Å²) in [6.07, 6.45) is 0.468. The van der Waals surface area contributed by atoms with E-state index in [4.69, 9.17) is 0 Å². The van der Waals surface area contributed by atoms with Crippen LogP contribution in [0, 0.1) is 5.82 Å². The summed E-state index contributed by atoms with van der Waals surface area (Å²) in [5, 5.41) is 10.2. The molecule has 1 atom stereocenters. The van der Waals surface area contributed by atoms with Gasteiger partial charge in [0, 0.05) is 6.42 Å². The Bertz CT molecular complexity index is 544. The third-order valence-corrected chi connectivity index (χ3v) is 5.30. The fourth-order valence-corrected chi connectivity index (χ4v) is 4.39. The normalized spacial score (nSPS) is 27.2. The van der Waals surface area contributed by atoms with Gasteiger partial charge < -0.3 is 5.11 Å². The molecule has 6 heteroatoms. The maximum Gasteiger partial charge on any atom is 0.153 e. The highest BCUT2D eigenvalue weighted by Gasteiger charge is 2.40. The molecule has 0 aromatic heterocycles. The Hall–Kier alpha value is -0.460. The first-order valence-corrected chi connectivity index (χ1v) is 7.78. The lowest BCUT2D eigenvalue weighted by molar-refractivity contribution is 0.0681. The van der Waals surface area contributed by atoms with Gasteiger partial charge in [-0.2, -0.15) is 0 Å². The van der Waals surface area contributed by atoms with E-state index in [9.17, 15) is 17.9 Å². The predicted octanol–water partition coefficient (Wildman–Crippen LogP) is 1.68. The van der Waals surface area contributed by atoms with Crippen molar-refractivity contribution < 1.29 is 17.9 Å². The second-order valence-corrected chi connectivity index (χ2v) is 7.53. The van der Waals surface area contributed by atoms with Crippen molar-refractivity contribution in [2.24, 2.45) is 0 Å². The molecule has 1 aromatic rings. The van der Waals surface area contributed by atoms with Crippen molar-refractivity contribution in [3.8, 4) is 0 Å². The fourth-order valence-electron chi connectivity index (χ4n) is 2.07. The van der Waals surface area contributed by atoms with Gasteiger partial charge in [-0.1, -0.05) is 6.07 Å². The van der Waals surface area contributed by atoms with E-state index in [-0.39, 0.29) is 30.2 Å². The molecule has 17 heavy (non-hydrogen) atoms. The molecule has 1 saturated heterocycles. The quantitative estimate of drug-likeness (QED) is 0.901. The summed E-state index contributed by atoms with van der Waals surface area (Å²) in [5.74, 6) is -0.569. The molecule has 1 aromatic carbocycles. The molecule has 0 aliphatic carbocycles. The number of aliphatic hydroxyl groups is 1. The molecule has 1 fully saturated rings. The summed E-state index contributed by atoms with van der Waals surface area (Å²) in [4.78, 5) is 0. The van der Waals surface area contributed by atoms with Crippen LogP contribution in [0.2, 0.25) is 0 Å². The van der Waals surface area contributed by atoms with E-state index in [1.165, 1.54) is 6.07 Å². The van der Waals surface area contributed by atoms with Crippen LogP contribution in [-0.2, 0) is 16.3 Å². The molecule has 0 saturated carbocycles. The van der Waals surface area contributed by atoms with Crippen LogP contribution < -0.4 is 0 Å². The Morgan fingerprint density at radius 1 is 1.47 bits per heavy atom. The third-order valence-electron chi connectivity index (χ3n) is 2.88. The van der Waals surface area contributed by atoms with Crippen molar-refractivity contribution in [1.82, 2.24) is 0 Å². The van der Waals surface area contributed by atoms with Crippen molar-refractivity contribution in [2.75, 3.05) is 11.5 Å². The Balaban J connectivity index is 2.19. The number of rotatable bonds is 2. The van der Waals surface area contributed by atoms with Crippen LogP contribution in [-0.4, -0.2) is 30.6 Å². The van der Waals surface area contributed by atoms with Gasteiger partial charge in [0.05, 0.1) is 21.6 Å². The fraction of sp³-hybridized carbons (Fsp3) is 0.455. The number of hydrogen-bond donors (Lipinski definition) is 1. The Labute approximate surface area is 108 Å². The maximum atomic E-state index is 13.0. The highest BCUT2D eigenvalue weighted by molar-refractivity contribution is 9.10. The summed E-state index contributed by atoms with van der Waals surface area (Å²) < 4.78 is 36.0. The van der Waals surface area contributed by atoms with Crippen molar-refractivity contribution in [3.63, 3.8) is 0 Å². The average Bonchev–Trinajstić information content (AvgIpc) is 2.47. The second kappa shape index (κ2) is 4.33. The Kier molecular flexibility index (Phi) is 3.31. The highest BCUT2D eigenvalue weighted by atomic mass is 79.9. The molecule has 0 bridgehead atoms. The molecule has 1 aliphatic heterocycles. The summed E-state index contributed by atoms with van der Waals surface area (Å²) in [6.45, 7) is 0. The van der Waals surface area contributed by atoms with Gasteiger partial charge in [0.25, 0.3) is 0 Å². The van der Waals surface area contributed by atoms with E-state index in [0.29, 0.717) is 4.47 Å². The largest absolute Gasteiger partial charge is 0.388 e. The number of benzene rings is 1. The van der Waals surface area contributed by atoms with Crippen LogP contribution in [0.4, 0.5) is 4.39 Å². The molecular weight excluding hydrogens is 311 g/mol. The van der Waals surface area contributed by atoms with E-state index in [1.54, 1.807) is 12.1 Å². The number of hydrogen-bond acceptors (Lipinski definition) is 3. The van der Waals surface area contributed by atoms with Crippen LogP contribution >= 0.6 is 15.9 Å². The van der Waals surface area contributed by atoms with E-state index in [2.05, 4.69) is 15.9 Å². The molecule has 1 unspecified atom stereocenters. The molecular formula is C11H12BrFO3S. The standard InChI is InChI=1S/C11H12BrFO3S/c12-9-5-8(1-2-10(9)13)6-11(14)3-4-17(15,16)7-11/h1-2,5,14H,3-4,6-7H2. The predicted molar refractivity (Wildman–Crippen MR) is 66.0 cm³/mol. The lowest BCUT2D eigenvalue weighted by Gasteiger charge is -2.20. The van der Waals surface area contributed by atoms with E-state index in [0.717, 1.165) is 5.56 Å². The van der Waals surface area contributed by atoms with Crippen LogP contribution in [0.1, 0.15) is 12.0 Å². The van der Waals surface area contributed by atoms with Gasteiger partial charge in [0.15, 0.2) is 9.84 Å². The molecule has 94 valence electrons. The minimum Gasteiger partial charge on any atom is -0.388 e. The minimum atomic E-state index is -3.13. The van der Waals surface area contributed by atoms with Crippen molar-refractivity contribution in [1.29, 1.82) is 0 Å². The van der Waals surface area contributed by atoms with E-state index < -0.39 is 15.4 Å². The first-order valence-electron chi connectivity index (χ1n) is 5.16. The van der Waals surface area contributed by atoms with Crippen molar-refractivity contribution in [2.45, 2.75) is 18.4 Å². The lowest BCUT2D eigenvalue weighted by Crippen LogP contribution is -2.32. The van der Waals surface area contributed by atoms with Gasteiger partial charge in [0.1, 0.15) is 5.82 Å². The van der Waals surface area contributed by atoms with Crippen molar-refractivity contribution in [3.05, 3.63) is 34.1 Å². The van der Waals surface area contributed by atoms with Gasteiger partial charge >= 0.3 is 0 Å². The smallest absolute Gasteiger partial charge is 0.153 e. The molecule has 0 amide bonds. The van der Waals surface area contributed by atoms with Gasteiger partial charge in [-0.15, -0.1) is 0 Å².